The van der Waals surface area contributed by atoms with Gasteiger partial charge >= 0.3 is 5.97 Å². The van der Waals surface area contributed by atoms with Gasteiger partial charge < -0.3 is 5.11 Å². The number of aromatic nitrogens is 4. The maximum absolute atomic E-state index is 10.8. The molecular weight excluding hydrogens is 258 g/mol. The second kappa shape index (κ2) is 5.01. The number of aromatic carboxylic acids is 1. The summed E-state index contributed by atoms with van der Waals surface area (Å²) >= 11 is 0. The van der Waals surface area contributed by atoms with E-state index in [0.29, 0.717) is 6.04 Å². The molecule has 1 aliphatic heterocycles. The first-order valence-electron chi connectivity index (χ1n) is 6.44. The van der Waals surface area contributed by atoms with Gasteiger partial charge in [0.05, 0.1) is 12.2 Å². The number of hydrogen-bond donors (Lipinski definition) is 1. The Morgan fingerprint density at radius 1 is 1.50 bits per heavy atom. The molecule has 1 N–H and O–H groups in total. The summed E-state index contributed by atoms with van der Waals surface area (Å²) in [5.41, 5.74) is 1.17. The lowest BCUT2D eigenvalue weighted by Crippen LogP contribution is -2.48. The molecule has 0 saturated carbocycles. The summed E-state index contributed by atoms with van der Waals surface area (Å²) in [6.45, 7) is 3.80. The third-order valence-electron chi connectivity index (χ3n) is 3.71. The number of likely N-dealkylation sites (tertiary alicyclic amines) is 1. The van der Waals surface area contributed by atoms with Crippen LogP contribution in [0.1, 0.15) is 35.1 Å². The van der Waals surface area contributed by atoms with Gasteiger partial charge in [-0.15, -0.1) is 5.10 Å². The first-order valence-corrected chi connectivity index (χ1v) is 6.44. The number of carboxylic acids is 1. The third-order valence-corrected chi connectivity index (χ3v) is 3.71. The molecule has 0 amide bonds. The van der Waals surface area contributed by atoms with Crippen molar-refractivity contribution >= 4 is 5.97 Å². The van der Waals surface area contributed by atoms with Crippen LogP contribution in [0.2, 0.25) is 0 Å². The summed E-state index contributed by atoms with van der Waals surface area (Å²) in [7, 11) is 0. The SMILES string of the molecule is CC(c1cccnc1)N1CC(n2cc(C(=O)O)nn2)C1. The van der Waals surface area contributed by atoms with Gasteiger partial charge in [0.25, 0.3) is 0 Å². The Morgan fingerprint density at radius 3 is 2.90 bits per heavy atom. The van der Waals surface area contributed by atoms with Crippen molar-refractivity contribution in [3.63, 3.8) is 0 Å². The minimum absolute atomic E-state index is 0.0104. The first-order chi connectivity index (χ1) is 9.65. The number of hydrogen-bond acceptors (Lipinski definition) is 5. The lowest BCUT2D eigenvalue weighted by atomic mass is 10.0. The lowest BCUT2D eigenvalue weighted by Gasteiger charge is -2.42. The Bertz CT molecular complexity index is 606. The minimum atomic E-state index is -1.05. The maximum atomic E-state index is 10.8. The van der Waals surface area contributed by atoms with E-state index >= 15 is 0 Å². The number of carboxylic acid groups (broad SMARTS) is 1. The maximum Gasteiger partial charge on any atom is 0.358 e. The Hall–Kier alpha value is -2.28. The van der Waals surface area contributed by atoms with E-state index in [-0.39, 0.29) is 11.7 Å². The van der Waals surface area contributed by atoms with Crippen molar-refractivity contribution in [1.29, 1.82) is 0 Å². The predicted octanol–water partition coefficient (Wildman–Crippen LogP) is 0.989. The van der Waals surface area contributed by atoms with Gasteiger partial charge in [0.1, 0.15) is 0 Å². The summed E-state index contributed by atoms with van der Waals surface area (Å²) in [4.78, 5) is 17.2. The molecule has 0 spiro atoms. The van der Waals surface area contributed by atoms with Gasteiger partial charge in [0, 0.05) is 31.5 Å². The van der Waals surface area contributed by atoms with Gasteiger partial charge in [-0.05, 0) is 18.6 Å². The topological polar surface area (TPSA) is 84.1 Å². The van der Waals surface area contributed by atoms with E-state index in [4.69, 9.17) is 5.11 Å². The van der Waals surface area contributed by atoms with E-state index in [2.05, 4.69) is 33.2 Å². The minimum Gasteiger partial charge on any atom is -0.476 e. The van der Waals surface area contributed by atoms with Crippen molar-refractivity contribution in [1.82, 2.24) is 24.9 Å². The van der Waals surface area contributed by atoms with Crippen LogP contribution in [0.4, 0.5) is 0 Å². The monoisotopic (exact) mass is 273 g/mol. The normalized spacial score (nSPS) is 17.6. The Labute approximate surface area is 115 Å². The molecule has 1 aliphatic rings. The highest BCUT2D eigenvalue weighted by atomic mass is 16.4. The molecule has 3 heterocycles. The molecule has 2 aromatic heterocycles. The van der Waals surface area contributed by atoms with E-state index in [9.17, 15) is 4.79 Å². The largest absolute Gasteiger partial charge is 0.476 e. The van der Waals surface area contributed by atoms with Crippen LogP contribution < -0.4 is 0 Å². The molecule has 1 atom stereocenters. The highest BCUT2D eigenvalue weighted by molar-refractivity contribution is 5.84. The van der Waals surface area contributed by atoms with E-state index in [0.717, 1.165) is 13.1 Å². The van der Waals surface area contributed by atoms with Crippen LogP contribution in [0.15, 0.2) is 30.7 Å². The molecule has 2 aromatic rings. The molecule has 7 heteroatoms. The highest BCUT2D eigenvalue weighted by Crippen LogP contribution is 2.30. The summed E-state index contributed by atoms with van der Waals surface area (Å²) in [5.74, 6) is -1.05. The predicted molar refractivity (Wildman–Crippen MR) is 70.2 cm³/mol. The molecular formula is C13H15N5O2. The van der Waals surface area contributed by atoms with E-state index in [1.807, 2.05) is 12.3 Å². The fourth-order valence-electron chi connectivity index (χ4n) is 2.36. The van der Waals surface area contributed by atoms with Gasteiger partial charge in [0.15, 0.2) is 5.69 Å². The summed E-state index contributed by atoms with van der Waals surface area (Å²) in [5, 5.41) is 16.3. The Kier molecular flexibility index (Phi) is 3.19. The van der Waals surface area contributed by atoms with Crippen LogP contribution in [0.25, 0.3) is 0 Å². The molecule has 0 aliphatic carbocycles. The zero-order chi connectivity index (χ0) is 14.1. The quantitative estimate of drug-likeness (QED) is 0.894. The van der Waals surface area contributed by atoms with Gasteiger partial charge in [-0.25, -0.2) is 9.48 Å². The summed E-state index contributed by atoms with van der Waals surface area (Å²) in [6, 6.07) is 4.47. The van der Waals surface area contributed by atoms with Crippen LogP contribution in [0, 0.1) is 0 Å². The van der Waals surface area contributed by atoms with E-state index < -0.39 is 5.97 Å². The number of carbonyl (C=O) groups is 1. The van der Waals surface area contributed by atoms with Gasteiger partial charge in [0.2, 0.25) is 0 Å². The zero-order valence-corrected chi connectivity index (χ0v) is 11.0. The molecule has 1 saturated heterocycles. The number of nitrogens with zero attached hydrogens (tertiary/aromatic N) is 5. The molecule has 0 bridgehead atoms. The fourth-order valence-corrected chi connectivity index (χ4v) is 2.36. The molecule has 1 unspecified atom stereocenters. The average Bonchev–Trinajstić information content (AvgIpc) is 2.87. The molecule has 0 radical (unpaired) electrons. The van der Waals surface area contributed by atoms with Gasteiger partial charge in [-0.2, -0.15) is 0 Å². The Balaban J connectivity index is 1.62. The van der Waals surface area contributed by atoms with Crippen molar-refractivity contribution in [2.75, 3.05) is 13.1 Å². The number of rotatable bonds is 4. The van der Waals surface area contributed by atoms with Gasteiger partial charge in [-0.1, -0.05) is 11.3 Å². The molecule has 104 valence electrons. The molecule has 20 heavy (non-hydrogen) atoms. The van der Waals surface area contributed by atoms with Crippen LogP contribution >= 0.6 is 0 Å². The van der Waals surface area contributed by atoms with Crippen molar-refractivity contribution in [2.24, 2.45) is 0 Å². The van der Waals surface area contributed by atoms with Crippen molar-refractivity contribution < 1.29 is 9.90 Å². The van der Waals surface area contributed by atoms with Crippen LogP contribution in [0.5, 0.6) is 0 Å². The zero-order valence-electron chi connectivity index (χ0n) is 11.0. The van der Waals surface area contributed by atoms with Crippen molar-refractivity contribution in [2.45, 2.75) is 19.0 Å². The summed E-state index contributed by atoms with van der Waals surface area (Å²) < 4.78 is 1.63. The lowest BCUT2D eigenvalue weighted by molar-refractivity contribution is 0.0584. The van der Waals surface area contributed by atoms with E-state index in [1.54, 1.807) is 10.9 Å². The molecule has 1 fully saturated rings. The Morgan fingerprint density at radius 2 is 2.30 bits per heavy atom. The number of pyridine rings is 1. The first kappa shape index (κ1) is 12.7. The molecule has 0 aromatic carbocycles. The van der Waals surface area contributed by atoms with Crippen LogP contribution in [-0.2, 0) is 0 Å². The van der Waals surface area contributed by atoms with Crippen molar-refractivity contribution in [3.05, 3.63) is 42.0 Å². The van der Waals surface area contributed by atoms with Crippen molar-refractivity contribution in [3.8, 4) is 0 Å². The van der Waals surface area contributed by atoms with Gasteiger partial charge in [-0.3, -0.25) is 9.88 Å². The smallest absolute Gasteiger partial charge is 0.358 e. The highest BCUT2D eigenvalue weighted by Gasteiger charge is 2.33. The average molecular weight is 273 g/mol. The second-order valence-electron chi connectivity index (χ2n) is 4.96. The van der Waals surface area contributed by atoms with Crippen LogP contribution in [-0.4, -0.2) is 49.0 Å². The standard InChI is InChI=1S/C13H15N5O2/c1-9(10-3-2-4-14-5-10)17-6-11(7-17)18-8-12(13(19)20)15-16-18/h2-5,8-9,11H,6-7H2,1H3,(H,19,20). The van der Waals surface area contributed by atoms with E-state index in [1.165, 1.54) is 11.8 Å². The second-order valence-corrected chi connectivity index (χ2v) is 4.96. The molecule has 7 nitrogen and oxygen atoms in total. The summed E-state index contributed by atoms with van der Waals surface area (Å²) in [6.07, 6.45) is 5.12. The van der Waals surface area contributed by atoms with Crippen LogP contribution in [0.3, 0.4) is 0 Å². The molecule has 3 rings (SSSR count). The fraction of sp³-hybridized carbons (Fsp3) is 0.385. The third kappa shape index (κ3) is 2.27.